The smallest absolute Gasteiger partial charge is 0.198 e. The number of rotatable bonds is 1. The Balaban J connectivity index is 0. The van der Waals surface area contributed by atoms with Crippen molar-refractivity contribution in [1.29, 1.82) is 10.8 Å². The van der Waals surface area contributed by atoms with Gasteiger partial charge in [0.2, 0.25) is 0 Å². The third-order valence-corrected chi connectivity index (χ3v) is 8.40. The molecule has 0 radical (unpaired) electrons. The summed E-state index contributed by atoms with van der Waals surface area (Å²) in [4.78, 5) is 8.04. The van der Waals surface area contributed by atoms with Crippen molar-refractivity contribution >= 4 is 28.4 Å². The minimum atomic E-state index is 0.561. The zero-order valence-electron chi connectivity index (χ0n) is 38.7. The normalized spacial score (nSPS) is 11.1. The molecule has 2 aliphatic heterocycles. The molecule has 6 nitrogen and oxygen atoms in total. The van der Waals surface area contributed by atoms with Crippen molar-refractivity contribution in [2.75, 3.05) is 39.1 Å². The molecule has 0 aliphatic carbocycles. The van der Waals surface area contributed by atoms with E-state index in [1.54, 1.807) is 0 Å². The van der Waals surface area contributed by atoms with E-state index in [4.69, 9.17) is 10.8 Å². The lowest BCUT2D eigenvalue weighted by molar-refractivity contribution is 0.342. The number of para-hydroxylation sites is 1. The molecule has 57 heavy (non-hydrogen) atoms. The number of anilines is 1. The average Bonchev–Trinajstić information content (AvgIpc) is 3.32. The molecule has 6 heteroatoms. The fourth-order valence-corrected chi connectivity index (χ4v) is 5.75. The van der Waals surface area contributed by atoms with Crippen LogP contribution in [0.5, 0.6) is 0 Å². The Morgan fingerprint density at radius 1 is 0.404 bits per heavy atom. The first kappa shape index (κ1) is 54.0. The number of benzene rings is 5. The highest BCUT2D eigenvalue weighted by molar-refractivity contribution is 5.93. The van der Waals surface area contributed by atoms with E-state index in [9.17, 15) is 0 Å². The largest absolute Gasteiger partial charge is 0.349 e. The van der Waals surface area contributed by atoms with Gasteiger partial charge in [0.25, 0.3) is 0 Å². The summed E-state index contributed by atoms with van der Waals surface area (Å²) >= 11 is 0. The summed E-state index contributed by atoms with van der Waals surface area (Å²) < 4.78 is 0. The quantitative estimate of drug-likeness (QED) is 0.131. The molecule has 0 bridgehead atoms. The number of nitrogens with one attached hydrogen (secondary N) is 2. The van der Waals surface area contributed by atoms with Crippen LogP contribution in [0.1, 0.15) is 105 Å². The van der Waals surface area contributed by atoms with Crippen LogP contribution in [0.2, 0.25) is 0 Å². The van der Waals surface area contributed by atoms with E-state index < -0.39 is 0 Å². The van der Waals surface area contributed by atoms with Gasteiger partial charge in [-0.25, -0.2) is 0 Å². The van der Waals surface area contributed by atoms with E-state index in [1.165, 1.54) is 33.0 Å². The van der Waals surface area contributed by atoms with Gasteiger partial charge in [0, 0.05) is 53.0 Å². The molecule has 0 spiro atoms. The van der Waals surface area contributed by atoms with E-state index in [1.807, 2.05) is 144 Å². The Hall–Kier alpha value is -5.10. The van der Waals surface area contributed by atoms with Gasteiger partial charge in [-0.2, -0.15) is 0 Å². The van der Waals surface area contributed by atoms with Crippen molar-refractivity contribution in [3.8, 4) is 0 Å². The van der Waals surface area contributed by atoms with E-state index in [0.717, 1.165) is 44.7 Å². The lowest BCUT2D eigenvalue weighted by atomic mass is 10.0. The van der Waals surface area contributed by atoms with Crippen LogP contribution in [0.3, 0.4) is 0 Å². The molecule has 0 fully saturated rings. The van der Waals surface area contributed by atoms with Crippen LogP contribution in [0.15, 0.2) is 127 Å². The first-order valence-corrected chi connectivity index (χ1v) is 21.6. The molecule has 0 saturated carbocycles. The summed E-state index contributed by atoms with van der Waals surface area (Å²) in [5.74, 6) is 1.16. The standard InChI is InChI=1S/C17H19N3.C12H17N3.C10H8.6C2H6/c1-19(16-9-3-2-4-10-16)17(18)20-12-11-14-7-5-6-8-15(14)13-20;1-14(2)12(13)15-8-7-10-5-3-4-6-11(10)9-15;1-2-6-10-8-4-3-7-9(10)5-1;6*1-2/h2-10,18H,11-13H2,1H3;3-6,13H,7-9H2,1-2H3;1-8H;6*1-2H3. The number of nitrogens with zero attached hydrogens (tertiary/aromatic N) is 4. The zero-order chi connectivity index (χ0) is 43.6. The number of hydrogen-bond acceptors (Lipinski definition) is 2. The summed E-state index contributed by atoms with van der Waals surface area (Å²) in [5.41, 5.74) is 6.59. The van der Waals surface area contributed by atoms with Gasteiger partial charge in [-0.3, -0.25) is 10.8 Å². The second kappa shape index (κ2) is 34.2. The number of fused-ring (bicyclic) bond motifs is 3. The molecular formula is C51H80N6. The highest BCUT2D eigenvalue weighted by atomic mass is 15.4. The molecule has 5 aromatic rings. The summed E-state index contributed by atoms with van der Waals surface area (Å²) in [6.07, 6.45) is 2.06. The van der Waals surface area contributed by atoms with Crippen LogP contribution < -0.4 is 4.90 Å². The van der Waals surface area contributed by atoms with Crippen molar-refractivity contribution in [1.82, 2.24) is 14.7 Å². The fourth-order valence-electron chi connectivity index (χ4n) is 5.75. The Bertz CT molecular complexity index is 1650. The van der Waals surface area contributed by atoms with Gasteiger partial charge in [0.1, 0.15) is 0 Å². The predicted molar refractivity (Wildman–Crippen MR) is 257 cm³/mol. The van der Waals surface area contributed by atoms with E-state index in [-0.39, 0.29) is 0 Å². The number of guanidine groups is 2. The minimum Gasteiger partial charge on any atom is -0.349 e. The highest BCUT2D eigenvalue weighted by Crippen LogP contribution is 2.21. The fraction of sp³-hybridized carbons (Fsp3) is 0.412. The maximum absolute atomic E-state index is 8.42. The summed E-state index contributed by atoms with van der Waals surface area (Å²) in [5, 5.41) is 19.0. The first-order chi connectivity index (χ1) is 27.9. The second-order valence-electron chi connectivity index (χ2n) is 11.7. The topological polar surface area (TPSA) is 60.7 Å². The van der Waals surface area contributed by atoms with E-state index in [0.29, 0.717) is 11.9 Å². The van der Waals surface area contributed by atoms with Crippen LogP contribution in [0, 0.1) is 10.8 Å². The van der Waals surface area contributed by atoms with Crippen LogP contribution in [0.25, 0.3) is 10.8 Å². The Labute approximate surface area is 350 Å². The second-order valence-corrected chi connectivity index (χ2v) is 11.7. The molecule has 314 valence electrons. The SMILES string of the molecule is CC.CC.CC.CC.CC.CC.CN(C(=N)N1CCc2ccccc2C1)c1ccccc1.CN(C)C(=N)N1CCc2ccccc2C1.c1ccc2ccccc2c1. The van der Waals surface area contributed by atoms with Crippen molar-refractivity contribution in [2.24, 2.45) is 0 Å². The molecule has 0 aromatic heterocycles. The van der Waals surface area contributed by atoms with Gasteiger partial charge in [0.15, 0.2) is 11.9 Å². The summed E-state index contributed by atoms with van der Waals surface area (Å²) in [7, 11) is 5.80. The Morgan fingerprint density at radius 2 is 0.702 bits per heavy atom. The molecule has 0 amide bonds. The van der Waals surface area contributed by atoms with Gasteiger partial charge >= 0.3 is 0 Å². The van der Waals surface area contributed by atoms with Gasteiger partial charge in [-0.05, 0) is 58.0 Å². The lowest BCUT2D eigenvalue weighted by Gasteiger charge is -2.34. The summed E-state index contributed by atoms with van der Waals surface area (Å²) in [6.45, 7) is 27.6. The van der Waals surface area contributed by atoms with Gasteiger partial charge in [0.05, 0.1) is 0 Å². The minimum absolute atomic E-state index is 0.561. The maximum atomic E-state index is 8.42. The molecule has 7 rings (SSSR count). The number of hydrogen-bond donors (Lipinski definition) is 2. The third kappa shape index (κ3) is 18.6. The van der Waals surface area contributed by atoms with Gasteiger partial charge in [-0.15, -0.1) is 0 Å². The molecule has 2 N–H and O–H groups in total. The molecule has 5 aromatic carbocycles. The molecular weight excluding hydrogens is 697 g/mol. The zero-order valence-corrected chi connectivity index (χ0v) is 38.7. The van der Waals surface area contributed by atoms with E-state index >= 15 is 0 Å². The molecule has 0 atom stereocenters. The van der Waals surface area contributed by atoms with Crippen LogP contribution in [0.4, 0.5) is 5.69 Å². The Kier molecular flexibility index (Phi) is 32.4. The lowest BCUT2D eigenvalue weighted by Crippen LogP contribution is -2.44. The van der Waals surface area contributed by atoms with Crippen molar-refractivity contribution in [3.63, 3.8) is 0 Å². The predicted octanol–water partition coefficient (Wildman–Crippen LogP) is 13.7. The first-order valence-electron chi connectivity index (χ1n) is 21.6. The van der Waals surface area contributed by atoms with E-state index in [2.05, 4.69) is 107 Å². The van der Waals surface area contributed by atoms with Gasteiger partial charge in [-0.1, -0.05) is 198 Å². The molecule has 0 unspecified atom stereocenters. The molecule has 0 saturated heterocycles. The van der Waals surface area contributed by atoms with Crippen molar-refractivity contribution in [2.45, 2.75) is 109 Å². The van der Waals surface area contributed by atoms with Crippen LogP contribution in [-0.2, 0) is 25.9 Å². The monoisotopic (exact) mass is 777 g/mol. The summed E-state index contributed by atoms with van der Waals surface area (Å²) in [6, 6.07) is 43.8. The third-order valence-electron chi connectivity index (χ3n) is 8.40. The van der Waals surface area contributed by atoms with Gasteiger partial charge < -0.3 is 19.6 Å². The highest BCUT2D eigenvalue weighted by Gasteiger charge is 2.21. The van der Waals surface area contributed by atoms with Crippen molar-refractivity contribution < 1.29 is 0 Å². The average molecular weight is 777 g/mol. The molecule has 2 aliphatic rings. The van der Waals surface area contributed by atoms with Crippen LogP contribution in [-0.4, -0.2) is 60.9 Å². The van der Waals surface area contributed by atoms with Crippen molar-refractivity contribution in [3.05, 3.63) is 150 Å². The Morgan fingerprint density at radius 3 is 1.05 bits per heavy atom. The molecule has 2 heterocycles. The maximum Gasteiger partial charge on any atom is 0.198 e. The van der Waals surface area contributed by atoms with Crippen LogP contribution >= 0.6 is 0 Å².